The Labute approximate surface area is 110 Å². The number of rotatable bonds is 5. The molecule has 0 amide bonds. The third kappa shape index (κ3) is 3.13. The lowest BCUT2D eigenvalue weighted by molar-refractivity contribution is -0.143. The minimum absolute atomic E-state index is 0.164. The number of carbonyl (C=O) groups excluding carboxylic acids is 1. The number of nitrogens with one attached hydrogen (secondary N) is 1. The molecule has 1 aromatic heterocycles. The molecule has 0 atom stereocenters. The zero-order chi connectivity index (χ0) is 13.8. The fourth-order valence-electron chi connectivity index (χ4n) is 1.93. The van der Waals surface area contributed by atoms with Crippen LogP contribution in [0.2, 0.25) is 0 Å². The van der Waals surface area contributed by atoms with E-state index in [0.717, 1.165) is 16.5 Å². The van der Waals surface area contributed by atoms with Gasteiger partial charge in [0.1, 0.15) is 5.69 Å². The molecule has 5 nitrogen and oxygen atoms in total. The summed E-state index contributed by atoms with van der Waals surface area (Å²) in [6.45, 7) is 2.16. The largest absolute Gasteiger partial charge is 0.477 e. The molecule has 2 rings (SSSR count). The van der Waals surface area contributed by atoms with Crippen molar-refractivity contribution in [3.8, 4) is 0 Å². The van der Waals surface area contributed by atoms with Gasteiger partial charge in [0.15, 0.2) is 0 Å². The standard InChI is InChI=1S/C14H15NO4/c1-2-19-13(16)6-4-9-3-5-11-10(7-9)8-12(15-11)14(17)18/h3,5,7-8,15H,2,4,6H2,1H3,(H,17,18). The highest BCUT2D eigenvalue weighted by Gasteiger charge is 2.08. The van der Waals surface area contributed by atoms with Gasteiger partial charge in [0.2, 0.25) is 0 Å². The molecule has 0 fully saturated rings. The summed E-state index contributed by atoms with van der Waals surface area (Å²) in [6, 6.07) is 7.18. The first kappa shape index (κ1) is 13.1. The van der Waals surface area contributed by atoms with Crippen LogP contribution < -0.4 is 0 Å². The first-order valence-corrected chi connectivity index (χ1v) is 6.10. The van der Waals surface area contributed by atoms with Gasteiger partial charge >= 0.3 is 11.9 Å². The van der Waals surface area contributed by atoms with Crippen molar-refractivity contribution < 1.29 is 19.4 Å². The molecule has 5 heteroatoms. The number of aryl methyl sites for hydroxylation is 1. The summed E-state index contributed by atoms with van der Waals surface area (Å²) in [5, 5.41) is 9.73. The maximum absolute atomic E-state index is 11.3. The van der Waals surface area contributed by atoms with Gasteiger partial charge in [0.25, 0.3) is 0 Å². The smallest absolute Gasteiger partial charge is 0.352 e. The first-order chi connectivity index (χ1) is 9.10. The highest BCUT2D eigenvalue weighted by Crippen LogP contribution is 2.18. The second-order valence-corrected chi connectivity index (χ2v) is 4.21. The highest BCUT2D eigenvalue weighted by molar-refractivity contribution is 5.93. The molecule has 0 aliphatic rings. The van der Waals surface area contributed by atoms with Gasteiger partial charge in [-0.2, -0.15) is 0 Å². The van der Waals surface area contributed by atoms with Gasteiger partial charge in [-0.05, 0) is 37.1 Å². The molecule has 19 heavy (non-hydrogen) atoms. The Morgan fingerprint density at radius 1 is 1.32 bits per heavy atom. The fourth-order valence-corrected chi connectivity index (χ4v) is 1.93. The van der Waals surface area contributed by atoms with Crippen molar-refractivity contribution in [2.45, 2.75) is 19.8 Å². The van der Waals surface area contributed by atoms with Gasteiger partial charge in [0.05, 0.1) is 6.61 Å². The zero-order valence-electron chi connectivity index (χ0n) is 10.6. The summed E-state index contributed by atoms with van der Waals surface area (Å²) >= 11 is 0. The molecule has 1 heterocycles. The minimum atomic E-state index is -0.982. The van der Waals surface area contributed by atoms with Gasteiger partial charge < -0.3 is 14.8 Å². The second kappa shape index (κ2) is 5.56. The number of hydrogen-bond acceptors (Lipinski definition) is 3. The number of benzene rings is 1. The molecule has 0 aliphatic heterocycles. The predicted molar refractivity (Wildman–Crippen MR) is 70.2 cm³/mol. The maximum atomic E-state index is 11.3. The zero-order valence-corrected chi connectivity index (χ0v) is 10.6. The molecule has 0 saturated carbocycles. The summed E-state index contributed by atoms with van der Waals surface area (Å²) in [6.07, 6.45) is 0.915. The van der Waals surface area contributed by atoms with E-state index in [0.29, 0.717) is 19.4 Å². The summed E-state index contributed by atoms with van der Waals surface area (Å²) < 4.78 is 4.86. The molecule has 2 N–H and O–H groups in total. The quantitative estimate of drug-likeness (QED) is 0.810. The number of ether oxygens (including phenoxy) is 1. The predicted octanol–water partition coefficient (Wildman–Crippen LogP) is 2.36. The Kier molecular flexibility index (Phi) is 3.85. The van der Waals surface area contributed by atoms with Crippen molar-refractivity contribution in [2.75, 3.05) is 6.61 Å². The number of carbonyl (C=O) groups is 2. The van der Waals surface area contributed by atoms with Crippen molar-refractivity contribution in [3.05, 3.63) is 35.5 Å². The van der Waals surface area contributed by atoms with E-state index in [1.165, 1.54) is 0 Å². The average molecular weight is 261 g/mol. The number of carboxylic acids is 1. The van der Waals surface area contributed by atoms with E-state index in [-0.39, 0.29) is 11.7 Å². The van der Waals surface area contributed by atoms with Crippen LogP contribution >= 0.6 is 0 Å². The first-order valence-electron chi connectivity index (χ1n) is 6.10. The minimum Gasteiger partial charge on any atom is -0.477 e. The molecule has 100 valence electrons. The molecular weight excluding hydrogens is 246 g/mol. The van der Waals surface area contributed by atoms with E-state index >= 15 is 0 Å². The highest BCUT2D eigenvalue weighted by atomic mass is 16.5. The van der Waals surface area contributed by atoms with E-state index < -0.39 is 5.97 Å². The Morgan fingerprint density at radius 3 is 2.79 bits per heavy atom. The van der Waals surface area contributed by atoms with Crippen LogP contribution in [-0.4, -0.2) is 28.6 Å². The summed E-state index contributed by atoms with van der Waals surface area (Å²) in [5.74, 6) is -1.20. The normalized spacial score (nSPS) is 10.6. The fraction of sp³-hybridized carbons (Fsp3) is 0.286. The maximum Gasteiger partial charge on any atom is 0.352 e. The third-order valence-electron chi connectivity index (χ3n) is 2.84. The topological polar surface area (TPSA) is 79.4 Å². The molecule has 0 aliphatic carbocycles. The van der Waals surface area contributed by atoms with E-state index in [1.54, 1.807) is 13.0 Å². The van der Waals surface area contributed by atoms with Crippen LogP contribution in [0.1, 0.15) is 29.4 Å². The third-order valence-corrected chi connectivity index (χ3v) is 2.84. The molecule has 0 bridgehead atoms. The van der Waals surface area contributed by atoms with Gasteiger partial charge in [0, 0.05) is 17.3 Å². The van der Waals surface area contributed by atoms with Crippen molar-refractivity contribution in [1.29, 1.82) is 0 Å². The Bertz CT molecular complexity index is 615. The van der Waals surface area contributed by atoms with Crippen molar-refractivity contribution in [3.63, 3.8) is 0 Å². The Morgan fingerprint density at radius 2 is 2.11 bits per heavy atom. The lowest BCUT2D eigenvalue weighted by Crippen LogP contribution is -2.04. The van der Waals surface area contributed by atoms with Crippen LogP contribution in [0.15, 0.2) is 24.3 Å². The summed E-state index contributed by atoms with van der Waals surface area (Å²) in [7, 11) is 0. The number of aromatic amines is 1. The van der Waals surface area contributed by atoms with Crippen molar-refractivity contribution in [1.82, 2.24) is 4.98 Å². The van der Waals surface area contributed by atoms with Gasteiger partial charge in [-0.3, -0.25) is 4.79 Å². The number of esters is 1. The number of H-pyrrole nitrogens is 1. The molecule has 0 radical (unpaired) electrons. The molecule has 1 aromatic carbocycles. The number of aromatic carboxylic acids is 1. The van der Waals surface area contributed by atoms with E-state index in [9.17, 15) is 9.59 Å². The van der Waals surface area contributed by atoms with Gasteiger partial charge in [-0.25, -0.2) is 4.79 Å². The Hall–Kier alpha value is -2.30. The van der Waals surface area contributed by atoms with E-state index in [2.05, 4.69) is 4.98 Å². The van der Waals surface area contributed by atoms with Crippen LogP contribution in [0, 0.1) is 0 Å². The van der Waals surface area contributed by atoms with E-state index in [4.69, 9.17) is 9.84 Å². The number of aromatic nitrogens is 1. The SMILES string of the molecule is CCOC(=O)CCc1ccc2[nH]c(C(=O)O)cc2c1. The van der Waals surface area contributed by atoms with Crippen LogP contribution in [0.5, 0.6) is 0 Å². The molecule has 0 spiro atoms. The van der Waals surface area contributed by atoms with Gasteiger partial charge in [-0.1, -0.05) is 6.07 Å². The van der Waals surface area contributed by atoms with Crippen LogP contribution in [0.25, 0.3) is 10.9 Å². The second-order valence-electron chi connectivity index (χ2n) is 4.21. The lowest BCUT2D eigenvalue weighted by atomic mass is 10.1. The molecule has 2 aromatic rings. The summed E-state index contributed by atoms with van der Waals surface area (Å²) in [4.78, 5) is 24.9. The molecule has 0 saturated heterocycles. The number of carboxylic acid groups (broad SMARTS) is 1. The van der Waals surface area contributed by atoms with Crippen molar-refractivity contribution in [2.24, 2.45) is 0 Å². The van der Waals surface area contributed by atoms with Crippen LogP contribution in [0.4, 0.5) is 0 Å². The van der Waals surface area contributed by atoms with Crippen LogP contribution in [0.3, 0.4) is 0 Å². The van der Waals surface area contributed by atoms with E-state index in [1.807, 2.05) is 18.2 Å². The monoisotopic (exact) mass is 261 g/mol. The molecular formula is C14H15NO4. The van der Waals surface area contributed by atoms with Crippen molar-refractivity contribution >= 4 is 22.8 Å². The molecule has 0 unspecified atom stereocenters. The van der Waals surface area contributed by atoms with Gasteiger partial charge in [-0.15, -0.1) is 0 Å². The van der Waals surface area contributed by atoms with Crippen LogP contribution in [-0.2, 0) is 16.0 Å². The number of fused-ring (bicyclic) bond motifs is 1. The lowest BCUT2D eigenvalue weighted by Gasteiger charge is -2.02. The average Bonchev–Trinajstić information content (AvgIpc) is 2.80. The summed E-state index contributed by atoms with van der Waals surface area (Å²) in [5.41, 5.74) is 1.92. The Balaban J connectivity index is 2.12. The number of hydrogen-bond donors (Lipinski definition) is 2.